The lowest BCUT2D eigenvalue weighted by atomic mass is 9.43. The summed E-state index contributed by atoms with van der Waals surface area (Å²) in [5.74, 6) is 1.68. The second-order valence-corrected chi connectivity index (χ2v) is 7.44. The monoisotopic (exact) mass is 210 g/mol. The summed E-state index contributed by atoms with van der Waals surface area (Å²) in [5, 5.41) is 0. The maximum atomic E-state index is 14.0. The van der Waals surface area contributed by atoms with Gasteiger partial charge in [0.05, 0.1) is 0 Å². The lowest BCUT2D eigenvalue weighted by molar-refractivity contribution is -0.149. The molecular formula is C14H23F. The molecule has 0 aromatic carbocycles. The van der Waals surface area contributed by atoms with Gasteiger partial charge < -0.3 is 0 Å². The van der Waals surface area contributed by atoms with E-state index in [1.165, 1.54) is 32.1 Å². The van der Waals surface area contributed by atoms with Crippen molar-refractivity contribution in [1.82, 2.24) is 0 Å². The fourth-order valence-corrected chi connectivity index (χ4v) is 4.88. The maximum Gasteiger partial charge on any atom is 0.106 e. The fraction of sp³-hybridized carbons (Fsp3) is 1.00. The van der Waals surface area contributed by atoms with Crippen molar-refractivity contribution < 1.29 is 4.39 Å². The lowest BCUT2D eigenvalue weighted by Gasteiger charge is -2.62. The largest absolute Gasteiger partial charge is 0.247 e. The molecule has 4 bridgehead atoms. The van der Waals surface area contributed by atoms with Crippen molar-refractivity contribution in [3.63, 3.8) is 0 Å². The second-order valence-electron chi connectivity index (χ2n) is 7.44. The Kier molecular flexibility index (Phi) is 1.88. The van der Waals surface area contributed by atoms with Gasteiger partial charge in [0.1, 0.15) is 6.17 Å². The summed E-state index contributed by atoms with van der Waals surface area (Å²) in [5.41, 5.74) is 0.856. The van der Waals surface area contributed by atoms with E-state index in [0.29, 0.717) is 22.7 Å². The van der Waals surface area contributed by atoms with Crippen molar-refractivity contribution in [3.05, 3.63) is 0 Å². The number of rotatable bonds is 0. The molecular weight excluding hydrogens is 187 g/mol. The van der Waals surface area contributed by atoms with Crippen LogP contribution in [0.4, 0.5) is 4.39 Å². The Hall–Kier alpha value is -0.0700. The molecule has 0 aliphatic heterocycles. The molecule has 86 valence electrons. The van der Waals surface area contributed by atoms with E-state index in [1.54, 1.807) is 0 Å². The molecule has 3 unspecified atom stereocenters. The Morgan fingerprint density at radius 3 is 2.00 bits per heavy atom. The van der Waals surface area contributed by atoms with Crippen molar-refractivity contribution in [1.29, 1.82) is 0 Å². The molecule has 0 amide bonds. The summed E-state index contributed by atoms with van der Waals surface area (Å²) in [6, 6.07) is 0. The molecule has 1 heteroatoms. The van der Waals surface area contributed by atoms with E-state index in [-0.39, 0.29) is 0 Å². The van der Waals surface area contributed by atoms with Crippen molar-refractivity contribution in [2.24, 2.45) is 28.6 Å². The van der Waals surface area contributed by atoms with Gasteiger partial charge in [0.25, 0.3) is 0 Å². The zero-order valence-corrected chi connectivity index (χ0v) is 10.2. The molecule has 4 aliphatic rings. The summed E-state index contributed by atoms with van der Waals surface area (Å²) >= 11 is 0. The quantitative estimate of drug-likeness (QED) is 0.562. The van der Waals surface area contributed by atoms with Crippen molar-refractivity contribution in [2.45, 2.75) is 59.0 Å². The first-order chi connectivity index (χ1) is 6.91. The van der Waals surface area contributed by atoms with Gasteiger partial charge in [-0.15, -0.1) is 0 Å². The van der Waals surface area contributed by atoms with Crippen molar-refractivity contribution in [3.8, 4) is 0 Å². The normalized spacial score (nSPS) is 53.6. The Labute approximate surface area is 92.6 Å². The summed E-state index contributed by atoms with van der Waals surface area (Å²) in [7, 11) is 0. The van der Waals surface area contributed by atoms with Crippen LogP contribution in [-0.4, -0.2) is 6.17 Å². The van der Waals surface area contributed by atoms with Crippen LogP contribution in [-0.2, 0) is 0 Å². The molecule has 5 atom stereocenters. The van der Waals surface area contributed by atoms with E-state index in [0.717, 1.165) is 5.92 Å². The molecule has 0 heterocycles. The third-order valence-electron chi connectivity index (χ3n) is 5.75. The Morgan fingerprint density at radius 2 is 1.53 bits per heavy atom. The van der Waals surface area contributed by atoms with Gasteiger partial charge in [-0.05, 0) is 60.7 Å². The van der Waals surface area contributed by atoms with Crippen LogP contribution in [0.15, 0.2) is 0 Å². The molecule has 4 saturated carbocycles. The van der Waals surface area contributed by atoms with Gasteiger partial charge in [-0.25, -0.2) is 4.39 Å². The van der Waals surface area contributed by atoms with Gasteiger partial charge in [-0.3, -0.25) is 0 Å². The number of halogens is 1. The van der Waals surface area contributed by atoms with E-state index in [9.17, 15) is 4.39 Å². The van der Waals surface area contributed by atoms with Gasteiger partial charge in [0, 0.05) is 0 Å². The SMILES string of the molecule is CC(C)(C)C12CC3C[C@H](C1)C(F)[C@@H](C3)C2. The molecule has 0 saturated heterocycles. The Bertz CT molecular complexity index is 260. The summed E-state index contributed by atoms with van der Waals surface area (Å²) < 4.78 is 14.0. The van der Waals surface area contributed by atoms with E-state index in [1.807, 2.05) is 0 Å². The predicted octanol–water partition coefficient (Wildman–Crippen LogP) is 4.20. The number of alkyl halides is 1. The smallest absolute Gasteiger partial charge is 0.106 e. The predicted molar refractivity (Wildman–Crippen MR) is 60.3 cm³/mol. The van der Waals surface area contributed by atoms with Gasteiger partial charge in [-0.2, -0.15) is 0 Å². The van der Waals surface area contributed by atoms with Gasteiger partial charge in [0.15, 0.2) is 0 Å². The highest BCUT2D eigenvalue weighted by molar-refractivity contribution is 5.08. The molecule has 0 aromatic rings. The third kappa shape index (κ3) is 1.24. The van der Waals surface area contributed by atoms with E-state index in [4.69, 9.17) is 0 Å². The van der Waals surface area contributed by atoms with Crippen LogP contribution >= 0.6 is 0 Å². The average Bonchev–Trinajstić information content (AvgIpc) is 2.10. The average molecular weight is 210 g/mol. The fourth-order valence-electron chi connectivity index (χ4n) is 4.88. The van der Waals surface area contributed by atoms with Crippen LogP contribution in [0.5, 0.6) is 0 Å². The van der Waals surface area contributed by atoms with Crippen LogP contribution in [0.1, 0.15) is 52.9 Å². The molecule has 0 aromatic heterocycles. The number of hydrogen-bond acceptors (Lipinski definition) is 0. The summed E-state index contributed by atoms with van der Waals surface area (Å²) in [4.78, 5) is 0. The van der Waals surface area contributed by atoms with Crippen LogP contribution in [0.25, 0.3) is 0 Å². The van der Waals surface area contributed by atoms with Crippen molar-refractivity contribution in [2.75, 3.05) is 0 Å². The van der Waals surface area contributed by atoms with Gasteiger partial charge >= 0.3 is 0 Å². The van der Waals surface area contributed by atoms with Gasteiger partial charge in [-0.1, -0.05) is 20.8 Å². The Morgan fingerprint density at radius 1 is 1.00 bits per heavy atom. The zero-order chi connectivity index (χ0) is 10.8. The molecule has 4 fully saturated rings. The molecule has 4 rings (SSSR count). The van der Waals surface area contributed by atoms with Crippen LogP contribution in [0, 0.1) is 28.6 Å². The molecule has 0 N–H and O–H groups in total. The first-order valence-electron chi connectivity index (χ1n) is 6.55. The van der Waals surface area contributed by atoms with Crippen LogP contribution in [0.2, 0.25) is 0 Å². The molecule has 15 heavy (non-hydrogen) atoms. The highest BCUT2D eigenvalue weighted by Gasteiger charge is 2.59. The standard InChI is InChI=1S/C14H23F/c1-13(2,3)14-6-9-4-10(7-14)12(15)11(5-9)8-14/h9-12H,4-8H2,1-3H3/t9?,10-,11+,12?,14?. The first kappa shape index (κ1) is 10.1. The molecule has 0 radical (unpaired) electrons. The lowest BCUT2D eigenvalue weighted by Crippen LogP contribution is -2.56. The maximum absolute atomic E-state index is 14.0. The first-order valence-corrected chi connectivity index (χ1v) is 6.55. The highest BCUT2D eigenvalue weighted by Crippen LogP contribution is 2.66. The number of hydrogen-bond donors (Lipinski definition) is 0. The molecule has 0 nitrogen and oxygen atoms in total. The summed E-state index contributed by atoms with van der Waals surface area (Å²) in [6.07, 6.45) is 5.65. The molecule has 4 aliphatic carbocycles. The minimum Gasteiger partial charge on any atom is -0.247 e. The second kappa shape index (κ2) is 2.78. The van der Waals surface area contributed by atoms with Gasteiger partial charge in [0.2, 0.25) is 0 Å². The van der Waals surface area contributed by atoms with E-state index < -0.39 is 6.17 Å². The van der Waals surface area contributed by atoms with Crippen LogP contribution < -0.4 is 0 Å². The third-order valence-corrected chi connectivity index (χ3v) is 5.75. The highest BCUT2D eigenvalue weighted by atomic mass is 19.1. The molecule has 0 spiro atoms. The van der Waals surface area contributed by atoms with E-state index in [2.05, 4.69) is 20.8 Å². The van der Waals surface area contributed by atoms with Crippen molar-refractivity contribution >= 4 is 0 Å². The van der Waals surface area contributed by atoms with E-state index >= 15 is 0 Å². The topological polar surface area (TPSA) is 0 Å². The Balaban J connectivity index is 1.96. The zero-order valence-electron chi connectivity index (χ0n) is 10.2. The summed E-state index contributed by atoms with van der Waals surface area (Å²) in [6.45, 7) is 7.11. The minimum atomic E-state index is -0.461. The minimum absolute atomic E-state index is 0.378. The van der Waals surface area contributed by atoms with Crippen LogP contribution in [0.3, 0.4) is 0 Å².